The number of hydrogen-bond acceptors (Lipinski definition) is 7. The van der Waals surface area contributed by atoms with Crippen molar-refractivity contribution in [2.24, 2.45) is 22.2 Å². The highest BCUT2D eigenvalue weighted by atomic mass is 32.1. The summed E-state index contributed by atoms with van der Waals surface area (Å²) in [4.78, 5) is 4.19. The summed E-state index contributed by atoms with van der Waals surface area (Å²) in [5.41, 5.74) is 17.8. The van der Waals surface area contributed by atoms with Gasteiger partial charge in [-0.25, -0.2) is 0 Å². The minimum absolute atomic E-state index is 0.00194. The zero-order valence-electron chi connectivity index (χ0n) is 9.43. The summed E-state index contributed by atoms with van der Waals surface area (Å²) in [6.45, 7) is 0.310. The van der Waals surface area contributed by atoms with Crippen LogP contribution in [-0.2, 0) is 6.54 Å². The van der Waals surface area contributed by atoms with E-state index in [1.54, 1.807) is 0 Å². The molecule has 0 saturated carbocycles. The predicted molar refractivity (Wildman–Crippen MR) is 67.9 cm³/mol. The second-order valence-corrected chi connectivity index (χ2v) is 4.62. The molecule has 0 aromatic carbocycles. The van der Waals surface area contributed by atoms with Gasteiger partial charge in [0.05, 0.1) is 12.6 Å². The first-order valence-electron chi connectivity index (χ1n) is 5.17. The van der Waals surface area contributed by atoms with E-state index >= 15 is 0 Å². The summed E-state index contributed by atoms with van der Waals surface area (Å²) in [5, 5.41) is 25.2. The summed E-state index contributed by atoms with van der Waals surface area (Å²) in [5.74, 6) is -0.252. The lowest BCUT2D eigenvalue weighted by Crippen LogP contribution is -2.66. The van der Waals surface area contributed by atoms with Crippen LogP contribution in [0, 0.1) is 5.21 Å². The van der Waals surface area contributed by atoms with Gasteiger partial charge in [-0.1, -0.05) is 5.17 Å². The lowest BCUT2D eigenvalue weighted by atomic mass is 10.1. The lowest BCUT2D eigenvalue weighted by Gasteiger charge is -2.32. The van der Waals surface area contributed by atoms with Crippen LogP contribution in [0.15, 0.2) is 21.8 Å². The third kappa shape index (κ3) is 2.16. The maximum Gasteiger partial charge on any atom is 0.291 e. The number of nitrogens with two attached hydrogens (primary N) is 3. The first-order valence-corrected chi connectivity index (χ1v) is 6.11. The molecule has 2 unspecified atom stereocenters. The van der Waals surface area contributed by atoms with Crippen LogP contribution >= 0.6 is 11.3 Å². The van der Waals surface area contributed by atoms with Crippen LogP contribution in [0.1, 0.15) is 5.56 Å². The molecule has 0 fully saturated rings. The predicted octanol–water partition coefficient (Wildman–Crippen LogP) is -1.21. The third-order valence-electron chi connectivity index (χ3n) is 2.63. The van der Waals surface area contributed by atoms with E-state index in [1.165, 1.54) is 11.3 Å². The Morgan fingerprint density at radius 3 is 2.83 bits per heavy atom. The molecule has 18 heavy (non-hydrogen) atoms. The Bertz CT molecular complexity index is 485. The number of hydrazine groups is 1. The summed E-state index contributed by atoms with van der Waals surface area (Å²) >= 11 is 1.53. The fraction of sp³-hybridized carbons (Fsp3) is 0.333. The minimum Gasteiger partial charge on any atom is -0.691 e. The number of amidine groups is 2. The number of hydroxylamine groups is 1. The fourth-order valence-electron chi connectivity index (χ4n) is 1.53. The van der Waals surface area contributed by atoms with Crippen molar-refractivity contribution in [3.05, 3.63) is 27.6 Å². The van der Waals surface area contributed by atoms with Crippen molar-refractivity contribution in [1.29, 1.82) is 0 Å². The van der Waals surface area contributed by atoms with Crippen LogP contribution in [0.4, 0.5) is 0 Å². The van der Waals surface area contributed by atoms with Gasteiger partial charge in [0, 0.05) is 0 Å². The van der Waals surface area contributed by atoms with Gasteiger partial charge in [-0.15, -0.1) is 4.85 Å². The quantitative estimate of drug-likeness (QED) is 0.392. The second kappa shape index (κ2) is 4.90. The minimum atomic E-state index is -0.868. The van der Waals surface area contributed by atoms with Gasteiger partial charge in [0.15, 0.2) is 5.84 Å². The Balaban J connectivity index is 2.25. The lowest BCUT2D eigenvalue weighted by molar-refractivity contribution is -0.688. The van der Waals surface area contributed by atoms with Gasteiger partial charge < -0.3 is 16.7 Å². The molecule has 0 aliphatic carbocycles. The van der Waals surface area contributed by atoms with Crippen molar-refractivity contribution in [1.82, 2.24) is 5.17 Å². The molecule has 9 heteroatoms. The molecular weight excluding hydrogens is 256 g/mol. The first-order chi connectivity index (χ1) is 8.52. The number of aliphatic imine (C=N–C) groups is 1. The van der Waals surface area contributed by atoms with Crippen LogP contribution in [0.25, 0.3) is 0 Å². The van der Waals surface area contributed by atoms with Gasteiger partial charge in [-0.2, -0.15) is 11.3 Å². The van der Waals surface area contributed by atoms with Gasteiger partial charge in [-0.3, -0.25) is 15.9 Å². The molecule has 7 N–H and O–H groups in total. The van der Waals surface area contributed by atoms with E-state index in [9.17, 15) is 10.4 Å². The van der Waals surface area contributed by atoms with Crippen LogP contribution in [0.5, 0.6) is 0 Å². The third-order valence-corrected chi connectivity index (χ3v) is 3.36. The van der Waals surface area contributed by atoms with Crippen LogP contribution in [0.2, 0.25) is 0 Å². The van der Waals surface area contributed by atoms with Crippen LogP contribution in [-0.4, -0.2) is 39.0 Å². The topological polar surface area (TPSA) is 140 Å². The molecule has 0 bridgehead atoms. The van der Waals surface area contributed by atoms with Crippen molar-refractivity contribution >= 4 is 23.0 Å². The standard InChI is InChI=1S/C9H14N6O2S/c10-6-7(11)9(15(17)14(16)8(6)12)13-3-5-1-2-18-4-5/h1-2,4,6-7,17H,3,10-12H2. The second-order valence-electron chi connectivity index (χ2n) is 3.84. The molecule has 2 atom stereocenters. The summed E-state index contributed by atoms with van der Waals surface area (Å²) in [6, 6.07) is 0.200. The molecule has 0 amide bonds. The Kier molecular flexibility index (Phi) is 3.48. The highest BCUT2D eigenvalue weighted by Crippen LogP contribution is 2.10. The molecule has 1 aromatic heterocycles. The molecule has 0 saturated heterocycles. The SMILES string of the molecule is NC1=[N+]([O-])N(O)C(=NCc2ccsc2)C(N)C1N. The van der Waals surface area contributed by atoms with Crippen molar-refractivity contribution in [2.75, 3.05) is 0 Å². The van der Waals surface area contributed by atoms with E-state index in [1.807, 2.05) is 16.8 Å². The number of nitrogens with zero attached hydrogens (tertiary/aromatic N) is 3. The molecule has 0 spiro atoms. The Morgan fingerprint density at radius 2 is 2.22 bits per heavy atom. The van der Waals surface area contributed by atoms with Gasteiger partial charge in [0.25, 0.3) is 5.84 Å². The number of hydrazone groups is 1. The summed E-state index contributed by atoms with van der Waals surface area (Å²) in [7, 11) is 0. The fourth-order valence-corrected chi connectivity index (χ4v) is 2.19. The molecular formula is C9H14N6O2S. The molecule has 1 aromatic rings. The van der Waals surface area contributed by atoms with Crippen molar-refractivity contribution in [2.45, 2.75) is 18.6 Å². The van der Waals surface area contributed by atoms with Gasteiger partial charge >= 0.3 is 0 Å². The maximum absolute atomic E-state index is 11.5. The Morgan fingerprint density at radius 1 is 1.50 bits per heavy atom. The van der Waals surface area contributed by atoms with E-state index in [4.69, 9.17) is 17.2 Å². The van der Waals surface area contributed by atoms with E-state index < -0.39 is 12.1 Å². The van der Waals surface area contributed by atoms with Crippen molar-refractivity contribution < 1.29 is 10.1 Å². The molecule has 8 nitrogen and oxygen atoms in total. The monoisotopic (exact) mass is 270 g/mol. The van der Waals surface area contributed by atoms with Crippen LogP contribution < -0.4 is 17.2 Å². The molecule has 2 heterocycles. The van der Waals surface area contributed by atoms with Gasteiger partial charge in [0.2, 0.25) is 0 Å². The van der Waals surface area contributed by atoms with E-state index in [-0.39, 0.29) is 21.7 Å². The summed E-state index contributed by atoms with van der Waals surface area (Å²) in [6.07, 6.45) is 0. The normalized spacial score (nSPS) is 27.1. The number of hydrogen-bond donors (Lipinski definition) is 4. The highest BCUT2D eigenvalue weighted by Gasteiger charge is 2.37. The van der Waals surface area contributed by atoms with Gasteiger partial charge in [0.1, 0.15) is 6.04 Å². The van der Waals surface area contributed by atoms with Crippen molar-refractivity contribution in [3.8, 4) is 0 Å². The zero-order chi connectivity index (χ0) is 13.3. The molecule has 2 rings (SSSR count). The van der Waals surface area contributed by atoms with Gasteiger partial charge in [-0.05, 0) is 22.4 Å². The molecule has 0 radical (unpaired) electrons. The van der Waals surface area contributed by atoms with E-state index in [0.29, 0.717) is 6.54 Å². The number of rotatable bonds is 2. The average molecular weight is 270 g/mol. The highest BCUT2D eigenvalue weighted by molar-refractivity contribution is 7.07. The molecule has 98 valence electrons. The Labute approximate surface area is 107 Å². The summed E-state index contributed by atoms with van der Waals surface area (Å²) < 4.78 is 0. The van der Waals surface area contributed by atoms with Crippen molar-refractivity contribution in [3.63, 3.8) is 0 Å². The van der Waals surface area contributed by atoms with E-state index in [0.717, 1.165) is 5.56 Å². The molecule has 1 aliphatic heterocycles. The zero-order valence-corrected chi connectivity index (χ0v) is 10.2. The van der Waals surface area contributed by atoms with Crippen LogP contribution in [0.3, 0.4) is 0 Å². The molecule has 1 aliphatic rings. The maximum atomic E-state index is 11.5. The van der Waals surface area contributed by atoms with E-state index in [2.05, 4.69) is 4.99 Å². The Hall–Kier alpha value is -1.68. The smallest absolute Gasteiger partial charge is 0.291 e. The first kappa shape index (κ1) is 12.8. The number of thiophene rings is 1. The average Bonchev–Trinajstić information content (AvgIpc) is 2.87. The largest absolute Gasteiger partial charge is 0.691 e.